The van der Waals surface area contributed by atoms with Gasteiger partial charge in [0, 0.05) is 67.8 Å². The van der Waals surface area contributed by atoms with Crippen LogP contribution in [-0.2, 0) is 6.54 Å². The van der Waals surface area contributed by atoms with Crippen molar-refractivity contribution in [3.8, 4) is 0 Å². The number of aromatic nitrogens is 4. The van der Waals surface area contributed by atoms with Gasteiger partial charge in [0.1, 0.15) is 5.52 Å². The third-order valence-corrected chi connectivity index (χ3v) is 5.77. The van der Waals surface area contributed by atoms with Gasteiger partial charge in [0.15, 0.2) is 11.5 Å². The van der Waals surface area contributed by atoms with Gasteiger partial charge >= 0.3 is 0 Å². The molecule has 0 radical (unpaired) electrons. The Morgan fingerprint density at radius 1 is 1.25 bits per heavy atom. The van der Waals surface area contributed by atoms with Crippen molar-refractivity contribution in [2.24, 2.45) is 0 Å². The number of imidazole rings is 1. The fraction of sp³-hybridized carbons (Fsp3) is 0.318. The quantitative estimate of drug-likeness (QED) is 0.452. The Kier molecular flexibility index (Phi) is 5.44. The molecule has 1 aliphatic rings. The number of piperazine rings is 1. The molecule has 0 atom stereocenters. The Morgan fingerprint density at radius 2 is 2.06 bits per heavy atom. The second-order valence-electron chi connectivity index (χ2n) is 7.86. The van der Waals surface area contributed by atoms with Gasteiger partial charge in [-0.15, -0.1) is 11.6 Å². The molecule has 1 aromatic carbocycles. The van der Waals surface area contributed by atoms with Gasteiger partial charge in [-0.3, -0.25) is 9.48 Å². The lowest BCUT2D eigenvalue weighted by Crippen LogP contribution is -2.43. The van der Waals surface area contributed by atoms with E-state index in [0.717, 1.165) is 37.3 Å². The highest BCUT2D eigenvalue weighted by molar-refractivity contribution is 6.17. The number of nitrogens with zero attached hydrogens (tertiary/aromatic N) is 5. The van der Waals surface area contributed by atoms with E-state index in [-0.39, 0.29) is 11.6 Å². The van der Waals surface area contributed by atoms with Gasteiger partial charge in [-0.25, -0.2) is 9.37 Å². The van der Waals surface area contributed by atoms with Gasteiger partial charge in [-0.05, 0) is 19.1 Å². The molecule has 1 amide bonds. The lowest BCUT2D eigenvalue weighted by molar-refractivity contribution is 0.102. The Balaban J connectivity index is 1.52. The van der Waals surface area contributed by atoms with Crippen molar-refractivity contribution >= 4 is 45.4 Å². The van der Waals surface area contributed by atoms with Crippen LogP contribution in [0.15, 0.2) is 36.8 Å². The maximum absolute atomic E-state index is 14.4. The molecule has 3 aromatic heterocycles. The maximum Gasteiger partial charge on any atom is 0.257 e. The van der Waals surface area contributed by atoms with Gasteiger partial charge in [0.2, 0.25) is 0 Å². The summed E-state index contributed by atoms with van der Waals surface area (Å²) in [7, 11) is 0. The van der Waals surface area contributed by atoms with E-state index >= 15 is 0 Å². The number of hydrogen-bond acceptors (Lipinski definition) is 5. The van der Waals surface area contributed by atoms with Crippen molar-refractivity contribution < 1.29 is 9.18 Å². The molecular formula is C22H23ClFN7O. The van der Waals surface area contributed by atoms with Crippen molar-refractivity contribution in [2.75, 3.05) is 42.3 Å². The lowest BCUT2D eigenvalue weighted by Gasteiger charge is -2.30. The number of carbonyl (C=O) groups excluding carboxylic acids is 1. The Labute approximate surface area is 189 Å². The van der Waals surface area contributed by atoms with Crippen molar-refractivity contribution in [2.45, 2.75) is 13.5 Å². The molecule has 1 aliphatic heterocycles. The zero-order valence-electron chi connectivity index (χ0n) is 17.6. The van der Waals surface area contributed by atoms with Crippen LogP contribution in [0.5, 0.6) is 0 Å². The van der Waals surface area contributed by atoms with Crippen molar-refractivity contribution in [1.29, 1.82) is 0 Å². The van der Waals surface area contributed by atoms with Gasteiger partial charge in [-0.2, -0.15) is 5.10 Å². The van der Waals surface area contributed by atoms with Crippen LogP contribution < -0.4 is 15.5 Å². The second kappa shape index (κ2) is 8.40. The van der Waals surface area contributed by atoms with E-state index < -0.39 is 5.82 Å². The van der Waals surface area contributed by atoms with E-state index in [1.165, 1.54) is 6.07 Å². The summed E-state index contributed by atoms with van der Waals surface area (Å²) < 4.78 is 17.8. The molecule has 166 valence electrons. The summed E-state index contributed by atoms with van der Waals surface area (Å²) in [4.78, 5) is 19.6. The first-order chi connectivity index (χ1) is 15.5. The number of nitrogens with one attached hydrogen (secondary N) is 2. The molecule has 4 aromatic rings. The third kappa shape index (κ3) is 3.78. The lowest BCUT2D eigenvalue weighted by atomic mass is 10.1. The highest BCUT2D eigenvalue weighted by Gasteiger charge is 2.21. The first-order valence-corrected chi connectivity index (χ1v) is 11.0. The first-order valence-electron chi connectivity index (χ1n) is 10.5. The molecule has 0 bridgehead atoms. The van der Waals surface area contributed by atoms with E-state index in [1.807, 2.05) is 12.3 Å². The average molecular weight is 456 g/mol. The van der Waals surface area contributed by atoms with E-state index in [9.17, 15) is 9.18 Å². The molecule has 0 unspecified atom stereocenters. The number of carbonyl (C=O) groups is 1. The number of anilines is 2. The number of aryl methyl sites for hydroxylation is 2. The third-order valence-electron chi connectivity index (χ3n) is 5.60. The Bertz CT molecular complexity index is 1310. The molecule has 8 nitrogen and oxygen atoms in total. The zero-order valence-corrected chi connectivity index (χ0v) is 18.4. The fourth-order valence-electron chi connectivity index (χ4n) is 4.15. The largest absolute Gasteiger partial charge is 0.368 e. The molecule has 1 fully saturated rings. The standard InChI is InChI=1S/C22H23ClFN7O/c1-14-11-30-12-15(10-18(24)21(30)26-14)27-22(32)16-2-3-19(29-8-5-25-6-9-29)17-13-31(7-4-23)28-20(16)17/h2-3,10-13,25H,4-9H2,1H3,(H,27,32). The molecule has 32 heavy (non-hydrogen) atoms. The van der Waals surface area contributed by atoms with Crippen molar-refractivity contribution in [3.05, 3.63) is 53.9 Å². The molecule has 5 rings (SSSR count). The SMILES string of the molecule is Cc1cn2cc(NC(=O)c3ccc(N4CCNCC4)c4cn(CCCl)nc34)cc(F)c2n1. The summed E-state index contributed by atoms with van der Waals surface area (Å²) in [6.07, 6.45) is 5.29. The molecule has 0 spiro atoms. The molecule has 10 heteroatoms. The molecule has 2 N–H and O–H groups in total. The minimum Gasteiger partial charge on any atom is -0.368 e. The Hall–Kier alpha value is -3.17. The van der Waals surface area contributed by atoms with Crippen LogP contribution in [0.3, 0.4) is 0 Å². The van der Waals surface area contributed by atoms with Crippen LogP contribution in [-0.4, -0.2) is 57.1 Å². The molecule has 1 saturated heterocycles. The van der Waals surface area contributed by atoms with E-state index in [4.69, 9.17) is 11.6 Å². The number of hydrogen-bond donors (Lipinski definition) is 2. The van der Waals surface area contributed by atoms with Gasteiger partial charge in [0.05, 0.1) is 23.5 Å². The van der Waals surface area contributed by atoms with E-state index in [1.54, 1.807) is 34.5 Å². The van der Waals surface area contributed by atoms with Crippen LogP contribution in [0.25, 0.3) is 16.6 Å². The van der Waals surface area contributed by atoms with Gasteiger partial charge in [0.25, 0.3) is 5.91 Å². The summed E-state index contributed by atoms with van der Waals surface area (Å²) in [6, 6.07) is 5.01. The Morgan fingerprint density at radius 3 is 2.84 bits per heavy atom. The first kappa shape index (κ1) is 20.7. The average Bonchev–Trinajstić information content (AvgIpc) is 3.37. The van der Waals surface area contributed by atoms with Crippen LogP contribution in [0.4, 0.5) is 15.8 Å². The summed E-state index contributed by atoms with van der Waals surface area (Å²) in [5, 5.41) is 11.7. The summed E-state index contributed by atoms with van der Waals surface area (Å²) in [5.41, 5.74) is 3.33. The summed E-state index contributed by atoms with van der Waals surface area (Å²) in [5.74, 6) is -0.433. The number of amides is 1. The minimum atomic E-state index is -0.499. The number of fused-ring (bicyclic) bond motifs is 2. The van der Waals surface area contributed by atoms with Gasteiger partial charge < -0.3 is 19.9 Å². The van der Waals surface area contributed by atoms with Crippen LogP contribution >= 0.6 is 11.6 Å². The minimum absolute atomic E-state index is 0.225. The maximum atomic E-state index is 14.4. The van der Waals surface area contributed by atoms with E-state index in [0.29, 0.717) is 34.9 Å². The van der Waals surface area contributed by atoms with Crippen molar-refractivity contribution in [3.63, 3.8) is 0 Å². The number of alkyl halides is 1. The highest BCUT2D eigenvalue weighted by atomic mass is 35.5. The normalized spacial score (nSPS) is 14.4. The smallest absolute Gasteiger partial charge is 0.257 e. The fourth-order valence-corrected chi connectivity index (χ4v) is 4.32. The number of pyridine rings is 1. The van der Waals surface area contributed by atoms with E-state index in [2.05, 4.69) is 25.6 Å². The van der Waals surface area contributed by atoms with Crippen LogP contribution in [0, 0.1) is 12.7 Å². The zero-order chi connectivity index (χ0) is 22.2. The summed E-state index contributed by atoms with van der Waals surface area (Å²) >= 11 is 5.92. The number of rotatable bonds is 5. The van der Waals surface area contributed by atoms with Gasteiger partial charge in [-0.1, -0.05) is 0 Å². The molecule has 4 heterocycles. The predicted octanol–water partition coefficient (Wildman–Crippen LogP) is 3.03. The number of benzene rings is 1. The highest BCUT2D eigenvalue weighted by Crippen LogP contribution is 2.30. The summed E-state index contributed by atoms with van der Waals surface area (Å²) in [6.45, 7) is 5.90. The molecule has 0 aliphatic carbocycles. The molecule has 0 saturated carbocycles. The topological polar surface area (TPSA) is 79.5 Å². The monoisotopic (exact) mass is 455 g/mol. The second-order valence-corrected chi connectivity index (χ2v) is 8.23. The predicted molar refractivity (Wildman–Crippen MR) is 123 cm³/mol. The molecular weight excluding hydrogens is 433 g/mol. The number of halogens is 2. The van der Waals surface area contributed by atoms with Crippen LogP contribution in [0.1, 0.15) is 16.1 Å². The van der Waals surface area contributed by atoms with Crippen molar-refractivity contribution in [1.82, 2.24) is 24.5 Å². The van der Waals surface area contributed by atoms with Crippen LogP contribution in [0.2, 0.25) is 0 Å².